The van der Waals surface area contributed by atoms with Gasteiger partial charge < -0.3 is 8.83 Å². The third-order valence-corrected chi connectivity index (χ3v) is 14.6. The van der Waals surface area contributed by atoms with Crippen LogP contribution in [0, 0.1) is 0 Å². The number of hydrogen-bond acceptors (Lipinski definition) is 2. The Hall–Kier alpha value is -7.16. The summed E-state index contributed by atoms with van der Waals surface area (Å²) in [6, 6.07) is 59.0. The Labute approximate surface area is 346 Å². The number of rotatable bonds is 2. The molecule has 2 nitrogen and oxygen atoms in total. The molecule has 282 valence electrons. The molecule has 0 spiro atoms. The summed E-state index contributed by atoms with van der Waals surface area (Å²) in [5, 5.41) is 12.5. The van der Waals surface area contributed by atoms with Gasteiger partial charge in [-0.1, -0.05) is 137 Å². The average molecular weight is 767 g/mol. The van der Waals surface area contributed by atoms with Gasteiger partial charge >= 0.3 is 0 Å². The molecule has 0 atom stereocenters. The van der Waals surface area contributed by atoms with Crippen LogP contribution in [-0.4, -0.2) is 0 Å². The molecule has 0 unspecified atom stereocenters. The highest BCUT2D eigenvalue weighted by molar-refractivity contribution is 6.27. The second kappa shape index (κ2) is 10.9. The van der Waals surface area contributed by atoms with E-state index in [4.69, 9.17) is 8.83 Å². The molecular formula is C58H38O2. The molecule has 2 aromatic heterocycles. The molecule has 0 radical (unpaired) electrons. The van der Waals surface area contributed by atoms with E-state index >= 15 is 0 Å². The standard InChI is InChI=1S/C58H38O2/c1-57(2)47-25-33(17-21-37(47)43-27-45-39-9-5-7-11-51(39)59-53(45)29-49(43)57)35-19-13-31-16-24-42-36(20-14-32-15-23-41(35)55(31)56(32)42)34-18-22-38-44-28-46-40-10-6-8-12-52(40)60-54(46)30-50(44)58(3,4)48(38)26-34/h5-30H,1-4H3. The fraction of sp³-hybridized carbons (Fsp3) is 0.103. The van der Waals surface area contributed by atoms with Crippen LogP contribution in [0.1, 0.15) is 49.9 Å². The van der Waals surface area contributed by atoms with Crippen LogP contribution in [0.2, 0.25) is 0 Å². The van der Waals surface area contributed by atoms with E-state index in [1.54, 1.807) is 0 Å². The normalized spacial score (nSPS) is 14.9. The Morgan fingerprint density at radius 1 is 0.300 bits per heavy atom. The molecule has 2 aliphatic carbocycles. The van der Waals surface area contributed by atoms with E-state index < -0.39 is 0 Å². The Morgan fingerprint density at radius 3 is 1.17 bits per heavy atom. The lowest BCUT2D eigenvalue weighted by atomic mass is 9.80. The van der Waals surface area contributed by atoms with Crippen LogP contribution in [0.25, 0.3) is 121 Å². The van der Waals surface area contributed by atoms with Gasteiger partial charge in [0, 0.05) is 32.4 Å². The third kappa shape index (κ3) is 4.04. The van der Waals surface area contributed by atoms with Crippen molar-refractivity contribution in [2.45, 2.75) is 38.5 Å². The summed E-state index contributed by atoms with van der Waals surface area (Å²) >= 11 is 0. The molecule has 14 rings (SSSR count). The van der Waals surface area contributed by atoms with Crippen LogP contribution in [0.3, 0.4) is 0 Å². The van der Waals surface area contributed by atoms with E-state index in [-0.39, 0.29) is 10.8 Å². The van der Waals surface area contributed by atoms with Gasteiger partial charge in [-0.3, -0.25) is 0 Å². The zero-order valence-corrected chi connectivity index (χ0v) is 33.8. The van der Waals surface area contributed by atoms with Gasteiger partial charge in [-0.15, -0.1) is 0 Å². The lowest BCUT2D eigenvalue weighted by molar-refractivity contribution is 0.647. The highest BCUT2D eigenvalue weighted by Crippen LogP contribution is 2.54. The first kappa shape index (κ1) is 32.8. The molecule has 60 heavy (non-hydrogen) atoms. The molecule has 0 aliphatic heterocycles. The summed E-state index contributed by atoms with van der Waals surface area (Å²) in [4.78, 5) is 0. The molecule has 0 saturated carbocycles. The number of para-hydroxylation sites is 2. The minimum Gasteiger partial charge on any atom is -0.456 e. The smallest absolute Gasteiger partial charge is 0.135 e. The fourth-order valence-electron chi connectivity index (χ4n) is 11.5. The van der Waals surface area contributed by atoms with Crippen LogP contribution in [0.5, 0.6) is 0 Å². The van der Waals surface area contributed by atoms with Gasteiger partial charge in [0.25, 0.3) is 0 Å². The molecule has 0 saturated heterocycles. The highest BCUT2D eigenvalue weighted by Gasteiger charge is 2.38. The molecular weight excluding hydrogens is 729 g/mol. The van der Waals surface area contributed by atoms with E-state index in [0.29, 0.717) is 0 Å². The Balaban J connectivity index is 0.908. The van der Waals surface area contributed by atoms with Crippen LogP contribution >= 0.6 is 0 Å². The predicted molar refractivity (Wildman–Crippen MR) is 251 cm³/mol. The maximum absolute atomic E-state index is 6.36. The maximum Gasteiger partial charge on any atom is 0.135 e. The van der Waals surface area contributed by atoms with Crippen molar-refractivity contribution < 1.29 is 8.83 Å². The van der Waals surface area contributed by atoms with E-state index in [1.165, 1.54) is 121 Å². The first-order valence-electron chi connectivity index (χ1n) is 21.1. The zero-order chi connectivity index (χ0) is 39.8. The van der Waals surface area contributed by atoms with E-state index in [0.717, 1.165) is 22.3 Å². The number of fused-ring (bicyclic) bond motifs is 12. The lowest BCUT2D eigenvalue weighted by Crippen LogP contribution is -2.15. The van der Waals surface area contributed by atoms with E-state index in [2.05, 4.69) is 173 Å². The number of benzene rings is 10. The summed E-state index contributed by atoms with van der Waals surface area (Å²) in [6.45, 7) is 9.44. The summed E-state index contributed by atoms with van der Waals surface area (Å²) in [5.41, 5.74) is 19.1. The van der Waals surface area contributed by atoms with Gasteiger partial charge in [-0.05, 0) is 148 Å². The molecule has 2 heterocycles. The molecule has 0 bridgehead atoms. The molecule has 10 aromatic carbocycles. The monoisotopic (exact) mass is 766 g/mol. The summed E-state index contributed by atoms with van der Waals surface area (Å²) in [6.07, 6.45) is 0. The molecule has 0 N–H and O–H groups in total. The zero-order valence-electron chi connectivity index (χ0n) is 33.8. The van der Waals surface area contributed by atoms with Gasteiger partial charge in [0.05, 0.1) is 0 Å². The molecule has 12 aromatic rings. The maximum atomic E-state index is 6.36. The Bertz CT molecular complexity index is 3630. The second-order valence-corrected chi connectivity index (χ2v) is 18.4. The lowest BCUT2D eigenvalue weighted by Gasteiger charge is -2.23. The molecule has 0 amide bonds. The summed E-state index contributed by atoms with van der Waals surface area (Å²) in [5.74, 6) is 0. The highest BCUT2D eigenvalue weighted by atomic mass is 16.3. The van der Waals surface area contributed by atoms with E-state index in [9.17, 15) is 0 Å². The van der Waals surface area contributed by atoms with Crippen molar-refractivity contribution in [3.8, 4) is 44.5 Å². The molecule has 2 aliphatic rings. The van der Waals surface area contributed by atoms with Gasteiger partial charge in [0.15, 0.2) is 0 Å². The summed E-state index contributed by atoms with van der Waals surface area (Å²) < 4.78 is 12.7. The van der Waals surface area contributed by atoms with E-state index in [1.807, 2.05) is 12.1 Å². The minimum absolute atomic E-state index is 0.169. The van der Waals surface area contributed by atoms with Crippen molar-refractivity contribution in [2.24, 2.45) is 0 Å². The number of furan rings is 2. The third-order valence-electron chi connectivity index (χ3n) is 14.6. The topological polar surface area (TPSA) is 26.3 Å². The van der Waals surface area contributed by atoms with Crippen molar-refractivity contribution in [3.63, 3.8) is 0 Å². The summed E-state index contributed by atoms with van der Waals surface area (Å²) in [7, 11) is 0. The van der Waals surface area contributed by atoms with Crippen molar-refractivity contribution in [1.82, 2.24) is 0 Å². The quantitative estimate of drug-likeness (QED) is 0.164. The van der Waals surface area contributed by atoms with Crippen molar-refractivity contribution in [3.05, 3.63) is 180 Å². The largest absolute Gasteiger partial charge is 0.456 e. The van der Waals surface area contributed by atoms with Gasteiger partial charge in [0.2, 0.25) is 0 Å². The van der Waals surface area contributed by atoms with Crippen LogP contribution in [0.15, 0.2) is 167 Å². The predicted octanol–water partition coefficient (Wildman–Crippen LogP) is 16.3. The first-order chi connectivity index (χ1) is 29.2. The first-order valence-corrected chi connectivity index (χ1v) is 21.1. The molecule has 0 fully saturated rings. The SMILES string of the molecule is CC1(C)c2cc(-c3ccc4ccc5c(-c6ccc7c(c6)C(C)(C)c6cc8oc9ccccc9c8cc6-7)ccc6ccc3c4c65)ccc2-c2cc3c(cc21)oc1ccccc13. The van der Waals surface area contributed by atoms with Gasteiger partial charge in [-0.2, -0.15) is 0 Å². The van der Waals surface area contributed by atoms with Crippen LogP contribution in [0.4, 0.5) is 0 Å². The fourth-order valence-corrected chi connectivity index (χ4v) is 11.5. The van der Waals surface area contributed by atoms with Crippen molar-refractivity contribution in [1.29, 1.82) is 0 Å². The average Bonchev–Trinajstić information content (AvgIpc) is 3.95. The van der Waals surface area contributed by atoms with Crippen LogP contribution < -0.4 is 0 Å². The van der Waals surface area contributed by atoms with Crippen LogP contribution in [-0.2, 0) is 10.8 Å². The Kier molecular flexibility index (Phi) is 5.95. The second-order valence-electron chi connectivity index (χ2n) is 18.4. The van der Waals surface area contributed by atoms with Gasteiger partial charge in [0.1, 0.15) is 22.3 Å². The number of hydrogen-bond donors (Lipinski definition) is 0. The Morgan fingerprint density at radius 2 is 0.700 bits per heavy atom. The minimum atomic E-state index is -0.169. The van der Waals surface area contributed by atoms with Crippen molar-refractivity contribution >= 4 is 76.2 Å². The molecule has 2 heteroatoms. The van der Waals surface area contributed by atoms with Crippen molar-refractivity contribution in [2.75, 3.05) is 0 Å². The van der Waals surface area contributed by atoms with Gasteiger partial charge in [-0.25, -0.2) is 0 Å².